The summed E-state index contributed by atoms with van der Waals surface area (Å²) in [6.07, 6.45) is 0.554. The molecule has 31 heavy (non-hydrogen) atoms. The van der Waals surface area contributed by atoms with Crippen molar-refractivity contribution in [2.75, 3.05) is 32.8 Å². The molecule has 0 bridgehead atoms. The maximum atomic E-state index is 12.5. The van der Waals surface area contributed by atoms with Gasteiger partial charge in [-0.15, -0.1) is 0 Å². The number of aliphatic hydroxyl groups excluding tert-OH is 1. The van der Waals surface area contributed by atoms with Gasteiger partial charge in [-0.05, 0) is 36.8 Å². The Morgan fingerprint density at radius 2 is 2.19 bits per heavy atom. The third-order valence-corrected chi connectivity index (χ3v) is 5.89. The fraction of sp³-hybridized carbons (Fsp3) is 0.391. The number of ether oxygens (including phenoxy) is 1. The molecule has 2 heterocycles. The second-order valence-electron chi connectivity index (χ2n) is 7.81. The molecule has 0 radical (unpaired) electrons. The van der Waals surface area contributed by atoms with Crippen molar-refractivity contribution in [3.63, 3.8) is 0 Å². The number of hydrogen-bond acceptors (Lipinski definition) is 6. The van der Waals surface area contributed by atoms with Gasteiger partial charge in [-0.25, -0.2) is 4.99 Å². The lowest BCUT2D eigenvalue weighted by Crippen LogP contribution is -2.57. The van der Waals surface area contributed by atoms with E-state index in [0.717, 1.165) is 30.2 Å². The lowest BCUT2D eigenvalue weighted by molar-refractivity contribution is -0.125. The zero-order valence-electron chi connectivity index (χ0n) is 17.5. The van der Waals surface area contributed by atoms with Gasteiger partial charge in [-0.2, -0.15) is 0 Å². The Kier molecular flexibility index (Phi) is 6.75. The molecule has 2 atom stereocenters. The topological polar surface area (TPSA) is 86.2 Å². The van der Waals surface area contributed by atoms with Gasteiger partial charge in [0.1, 0.15) is 17.3 Å². The van der Waals surface area contributed by atoms with Crippen LogP contribution < -0.4 is 15.4 Å². The molecule has 0 unspecified atom stereocenters. The van der Waals surface area contributed by atoms with Crippen molar-refractivity contribution in [2.24, 2.45) is 10.9 Å². The van der Waals surface area contributed by atoms with Gasteiger partial charge < -0.3 is 25.4 Å². The molecule has 164 valence electrons. The molecule has 2 aromatic rings. The number of rotatable bonds is 5. The third-order valence-electron chi connectivity index (χ3n) is 5.65. The minimum Gasteiger partial charge on any atom is -0.454 e. The number of nitrogens with one attached hydrogen (secondary N) is 2. The average molecular weight is 443 g/mol. The van der Waals surface area contributed by atoms with Gasteiger partial charge >= 0.3 is 0 Å². The highest BCUT2D eigenvalue weighted by Gasteiger charge is 2.31. The first-order chi connectivity index (χ1) is 15.1. The standard InChI is InChI=1S/C23H27ClN4O3/c1-15(23(30)26-9-4-12-29)19-14-28(11-10-25-19)22-17-5-2-3-6-20(17)31-21-8-7-16(24)13-18(21)27-22/h2-3,5-8,13,15,19,25,29H,4,9-12,14H2,1H3,(H,26,30)/t15-,19-/m1/s1. The van der Waals surface area contributed by atoms with Crippen LogP contribution >= 0.6 is 11.6 Å². The number of halogens is 1. The van der Waals surface area contributed by atoms with Gasteiger partial charge in [0.05, 0.1) is 11.5 Å². The highest BCUT2D eigenvalue weighted by atomic mass is 35.5. The number of aliphatic hydroxyl groups is 1. The largest absolute Gasteiger partial charge is 0.454 e. The van der Waals surface area contributed by atoms with E-state index in [-0.39, 0.29) is 24.5 Å². The Hall–Kier alpha value is -2.61. The van der Waals surface area contributed by atoms with Crippen molar-refractivity contribution < 1.29 is 14.6 Å². The Bertz CT molecular complexity index is 981. The molecule has 0 saturated carbocycles. The van der Waals surface area contributed by atoms with Crippen LogP contribution in [0, 0.1) is 5.92 Å². The van der Waals surface area contributed by atoms with Crippen LogP contribution in [-0.4, -0.2) is 60.6 Å². The zero-order chi connectivity index (χ0) is 21.8. The van der Waals surface area contributed by atoms with Gasteiger partial charge in [0.25, 0.3) is 0 Å². The fourth-order valence-electron chi connectivity index (χ4n) is 3.88. The highest BCUT2D eigenvalue weighted by Crippen LogP contribution is 2.39. The van der Waals surface area contributed by atoms with E-state index < -0.39 is 0 Å². The lowest BCUT2D eigenvalue weighted by atomic mass is 9.98. The molecule has 8 heteroatoms. The summed E-state index contributed by atoms with van der Waals surface area (Å²) in [7, 11) is 0. The summed E-state index contributed by atoms with van der Waals surface area (Å²) >= 11 is 6.22. The SMILES string of the molecule is C[C@@H](C(=O)NCCCO)[C@H]1CN(C2=Nc3cc(Cl)ccc3Oc3ccccc32)CCN1. The van der Waals surface area contributed by atoms with Gasteiger partial charge in [-0.3, -0.25) is 4.79 Å². The second-order valence-corrected chi connectivity index (χ2v) is 8.25. The molecule has 3 N–H and O–H groups in total. The Morgan fingerprint density at radius 1 is 1.35 bits per heavy atom. The van der Waals surface area contributed by atoms with Crippen molar-refractivity contribution in [1.82, 2.24) is 15.5 Å². The first-order valence-corrected chi connectivity index (χ1v) is 11.0. The quantitative estimate of drug-likeness (QED) is 0.620. The van der Waals surface area contributed by atoms with E-state index in [2.05, 4.69) is 15.5 Å². The van der Waals surface area contributed by atoms with Crippen LogP contribution in [0.25, 0.3) is 0 Å². The molecule has 2 aromatic carbocycles. The number of amidine groups is 1. The van der Waals surface area contributed by atoms with Crippen molar-refractivity contribution in [1.29, 1.82) is 0 Å². The van der Waals surface area contributed by atoms with Crippen molar-refractivity contribution in [2.45, 2.75) is 19.4 Å². The molecule has 1 fully saturated rings. The Balaban J connectivity index is 1.60. The second kappa shape index (κ2) is 9.68. The summed E-state index contributed by atoms with van der Waals surface area (Å²) in [5.41, 5.74) is 1.60. The predicted octanol–water partition coefficient (Wildman–Crippen LogP) is 2.93. The van der Waals surface area contributed by atoms with E-state index in [4.69, 9.17) is 26.4 Å². The van der Waals surface area contributed by atoms with Gasteiger partial charge in [0.15, 0.2) is 5.75 Å². The monoisotopic (exact) mass is 442 g/mol. The zero-order valence-corrected chi connectivity index (χ0v) is 18.2. The minimum absolute atomic E-state index is 0.0172. The van der Waals surface area contributed by atoms with Gasteiger partial charge in [-0.1, -0.05) is 30.7 Å². The van der Waals surface area contributed by atoms with Gasteiger partial charge in [0, 0.05) is 43.9 Å². The number of nitrogens with zero attached hydrogens (tertiary/aromatic N) is 2. The van der Waals surface area contributed by atoms with Crippen LogP contribution in [0.5, 0.6) is 11.5 Å². The van der Waals surface area contributed by atoms with Crippen molar-refractivity contribution >= 4 is 29.0 Å². The van der Waals surface area contributed by atoms with Crippen LogP contribution in [0.4, 0.5) is 5.69 Å². The van der Waals surface area contributed by atoms with E-state index in [1.807, 2.05) is 37.3 Å². The summed E-state index contributed by atoms with van der Waals surface area (Å²) in [6.45, 7) is 4.61. The first-order valence-electron chi connectivity index (χ1n) is 10.6. The molecule has 1 saturated heterocycles. The summed E-state index contributed by atoms with van der Waals surface area (Å²) in [5, 5.41) is 15.9. The number of benzene rings is 2. The van der Waals surface area contributed by atoms with Crippen LogP contribution in [0.15, 0.2) is 47.5 Å². The maximum Gasteiger partial charge on any atom is 0.224 e. The van der Waals surface area contributed by atoms with Crippen molar-refractivity contribution in [3.8, 4) is 11.5 Å². The molecule has 0 aromatic heterocycles. The number of fused-ring (bicyclic) bond motifs is 2. The molecule has 2 aliphatic rings. The number of hydrogen-bond donors (Lipinski definition) is 3. The molecule has 0 aliphatic carbocycles. The predicted molar refractivity (Wildman–Crippen MR) is 121 cm³/mol. The number of carbonyl (C=O) groups is 1. The van der Waals surface area contributed by atoms with Crippen LogP contribution in [-0.2, 0) is 4.79 Å². The van der Waals surface area contributed by atoms with E-state index in [1.165, 1.54) is 0 Å². The number of carbonyl (C=O) groups excluding carboxylic acids is 1. The van der Waals surface area contributed by atoms with Crippen molar-refractivity contribution in [3.05, 3.63) is 53.1 Å². The van der Waals surface area contributed by atoms with E-state index in [0.29, 0.717) is 36.0 Å². The van der Waals surface area contributed by atoms with Gasteiger partial charge in [0.2, 0.25) is 5.91 Å². The number of para-hydroxylation sites is 1. The number of amides is 1. The fourth-order valence-corrected chi connectivity index (χ4v) is 4.04. The van der Waals surface area contributed by atoms with Crippen LogP contribution in [0.2, 0.25) is 5.02 Å². The van der Waals surface area contributed by atoms with Crippen LogP contribution in [0.1, 0.15) is 18.9 Å². The normalized spacial score (nSPS) is 18.7. The molecular formula is C23H27ClN4O3. The van der Waals surface area contributed by atoms with Crippen LogP contribution in [0.3, 0.4) is 0 Å². The maximum absolute atomic E-state index is 12.5. The highest BCUT2D eigenvalue weighted by molar-refractivity contribution is 6.31. The van der Waals surface area contributed by atoms with E-state index >= 15 is 0 Å². The summed E-state index contributed by atoms with van der Waals surface area (Å²) in [6, 6.07) is 13.3. The molecule has 7 nitrogen and oxygen atoms in total. The minimum atomic E-state index is -0.221. The smallest absolute Gasteiger partial charge is 0.224 e. The van der Waals surface area contributed by atoms with E-state index in [1.54, 1.807) is 12.1 Å². The summed E-state index contributed by atoms with van der Waals surface area (Å²) in [5.74, 6) is 1.98. The molecule has 2 aliphatic heterocycles. The lowest BCUT2D eigenvalue weighted by Gasteiger charge is -2.38. The molecule has 0 spiro atoms. The third kappa shape index (κ3) is 4.84. The van der Waals surface area contributed by atoms with E-state index in [9.17, 15) is 4.79 Å². The summed E-state index contributed by atoms with van der Waals surface area (Å²) < 4.78 is 6.15. The first kappa shape index (κ1) is 21.6. The number of aliphatic imine (C=N–C) groups is 1. The molecule has 4 rings (SSSR count). The number of piperazine rings is 1. The Labute approximate surface area is 187 Å². The summed E-state index contributed by atoms with van der Waals surface area (Å²) in [4.78, 5) is 19.7. The molecular weight excluding hydrogens is 416 g/mol. The average Bonchev–Trinajstić information content (AvgIpc) is 2.95. The molecule has 1 amide bonds. The Morgan fingerprint density at radius 3 is 3.03 bits per heavy atom.